The number of piperidine rings is 1. The summed E-state index contributed by atoms with van der Waals surface area (Å²) >= 11 is 0. The van der Waals surface area contributed by atoms with E-state index in [2.05, 4.69) is 4.98 Å². The van der Waals surface area contributed by atoms with Gasteiger partial charge >= 0.3 is 0 Å². The molecular weight excluding hydrogens is 276 g/mol. The van der Waals surface area contributed by atoms with Gasteiger partial charge in [0.05, 0.1) is 0 Å². The van der Waals surface area contributed by atoms with Gasteiger partial charge in [0.15, 0.2) is 5.69 Å². The fourth-order valence-electron chi connectivity index (χ4n) is 2.49. The van der Waals surface area contributed by atoms with Gasteiger partial charge in [0, 0.05) is 25.3 Å². The number of nitrogens with two attached hydrogens (primary N) is 1. The van der Waals surface area contributed by atoms with E-state index in [4.69, 9.17) is 11.0 Å². The molecule has 2 unspecified atom stereocenters. The van der Waals surface area contributed by atoms with Gasteiger partial charge < -0.3 is 5.73 Å². The van der Waals surface area contributed by atoms with E-state index in [1.165, 1.54) is 22.6 Å². The van der Waals surface area contributed by atoms with Gasteiger partial charge in [-0.1, -0.05) is 13.3 Å². The fraction of sp³-hybridized carbons (Fsp3) is 0.538. The van der Waals surface area contributed by atoms with E-state index in [1.54, 1.807) is 0 Å². The molecule has 2 atom stereocenters. The molecule has 0 saturated carbocycles. The lowest BCUT2D eigenvalue weighted by molar-refractivity contribution is 0.230. The van der Waals surface area contributed by atoms with Gasteiger partial charge in [-0.15, -0.1) is 0 Å². The van der Waals surface area contributed by atoms with E-state index in [-0.39, 0.29) is 22.5 Å². The second-order valence-corrected chi connectivity index (χ2v) is 6.85. The van der Waals surface area contributed by atoms with Crippen LogP contribution in [0.5, 0.6) is 0 Å². The summed E-state index contributed by atoms with van der Waals surface area (Å²) in [4.78, 5) is 3.80. The molecule has 2 N–H and O–H groups in total. The van der Waals surface area contributed by atoms with Gasteiger partial charge in [-0.05, 0) is 24.5 Å². The molecule has 6 nitrogen and oxygen atoms in total. The Morgan fingerprint density at radius 2 is 2.35 bits per heavy atom. The number of pyridine rings is 1. The highest BCUT2D eigenvalue weighted by molar-refractivity contribution is 7.89. The second-order valence-electron chi connectivity index (χ2n) is 4.95. The number of aromatic nitrogens is 1. The first-order valence-electron chi connectivity index (χ1n) is 6.61. The minimum atomic E-state index is -3.68. The van der Waals surface area contributed by atoms with Crippen LogP contribution in [0.25, 0.3) is 0 Å². The number of nitrogens with zero attached hydrogens (tertiary/aromatic N) is 3. The minimum absolute atomic E-state index is 0.0205. The highest BCUT2D eigenvalue weighted by Gasteiger charge is 2.34. The van der Waals surface area contributed by atoms with E-state index in [0.29, 0.717) is 19.5 Å². The Morgan fingerprint density at radius 3 is 3.00 bits per heavy atom. The molecule has 1 aromatic rings. The summed E-state index contributed by atoms with van der Waals surface area (Å²) < 4.78 is 26.7. The number of sulfonamides is 1. The van der Waals surface area contributed by atoms with Crippen molar-refractivity contribution in [2.75, 3.05) is 13.1 Å². The Bertz CT molecular complexity index is 624. The molecule has 0 spiro atoms. The van der Waals surface area contributed by atoms with Crippen molar-refractivity contribution >= 4 is 10.0 Å². The molecule has 1 aliphatic heterocycles. The number of rotatable bonds is 3. The Balaban J connectivity index is 2.34. The molecule has 2 heterocycles. The Morgan fingerprint density at radius 1 is 1.60 bits per heavy atom. The molecule has 1 aliphatic rings. The molecular formula is C13H18N4O2S. The second kappa shape index (κ2) is 5.87. The van der Waals surface area contributed by atoms with Gasteiger partial charge in [-0.3, -0.25) is 0 Å². The molecule has 20 heavy (non-hydrogen) atoms. The van der Waals surface area contributed by atoms with Crippen molar-refractivity contribution in [2.24, 2.45) is 11.7 Å². The van der Waals surface area contributed by atoms with Gasteiger partial charge in [0.1, 0.15) is 11.0 Å². The molecule has 0 bridgehead atoms. The number of nitriles is 1. The smallest absolute Gasteiger partial charge is 0.245 e. The van der Waals surface area contributed by atoms with Crippen LogP contribution in [-0.2, 0) is 10.0 Å². The fourth-order valence-corrected chi connectivity index (χ4v) is 4.09. The molecule has 0 aliphatic carbocycles. The van der Waals surface area contributed by atoms with Crippen molar-refractivity contribution in [3.63, 3.8) is 0 Å². The summed E-state index contributed by atoms with van der Waals surface area (Å²) in [5.41, 5.74) is 5.94. The van der Waals surface area contributed by atoms with Crippen molar-refractivity contribution in [3.05, 3.63) is 24.0 Å². The third-order valence-corrected chi connectivity index (χ3v) is 5.67. The molecule has 2 rings (SSSR count). The first-order valence-corrected chi connectivity index (χ1v) is 8.05. The van der Waals surface area contributed by atoms with Crippen LogP contribution in [0.3, 0.4) is 0 Å². The van der Waals surface area contributed by atoms with Crippen molar-refractivity contribution in [1.29, 1.82) is 5.26 Å². The van der Waals surface area contributed by atoms with E-state index >= 15 is 0 Å². The minimum Gasteiger partial charge on any atom is -0.327 e. The quantitative estimate of drug-likeness (QED) is 0.884. The standard InChI is InChI=1S/C13H18N4O2S/c1-2-10-9-17(7-5-11(10)15)20(18,19)13-4-3-6-16-12(13)8-14/h3-4,6,10-11H,2,5,7,9,15H2,1H3. The van der Waals surface area contributed by atoms with Crippen molar-refractivity contribution in [3.8, 4) is 6.07 Å². The number of hydrogen-bond donors (Lipinski definition) is 1. The Labute approximate surface area is 119 Å². The van der Waals surface area contributed by atoms with Crippen molar-refractivity contribution in [2.45, 2.75) is 30.7 Å². The lowest BCUT2D eigenvalue weighted by Gasteiger charge is -2.35. The SMILES string of the molecule is CCC1CN(S(=O)(=O)c2cccnc2C#N)CCC1N. The summed E-state index contributed by atoms with van der Waals surface area (Å²) in [5.74, 6) is 0.153. The molecule has 108 valence electrons. The highest BCUT2D eigenvalue weighted by Crippen LogP contribution is 2.25. The van der Waals surface area contributed by atoms with Gasteiger partial charge in [0.2, 0.25) is 10.0 Å². The van der Waals surface area contributed by atoms with Gasteiger partial charge in [-0.2, -0.15) is 9.57 Å². The third kappa shape index (κ3) is 2.68. The molecule has 0 aromatic carbocycles. The zero-order valence-electron chi connectivity index (χ0n) is 11.4. The van der Waals surface area contributed by atoms with Crippen LogP contribution >= 0.6 is 0 Å². The monoisotopic (exact) mass is 294 g/mol. The molecule has 1 saturated heterocycles. The predicted octanol–water partition coefficient (Wildman–Crippen LogP) is 0.701. The van der Waals surface area contributed by atoms with E-state index in [9.17, 15) is 8.42 Å². The van der Waals surface area contributed by atoms with Gasteiger partial charge in [0.25, 0.3) is 0 Å². The van der Waals surface area contributed by atoms with Crippen LogP contribution in [-0.4, -0.2) is 36.8 Å². The zero-order chi connectivity index (χ0) is 14.8. The summed E-state index contributed by atoms with van der Waals surface area (Å²) in [7, 11) is -3.68. The van der Waals surface area contributed by atoms with Crippen LogP contribution < -0.4 is 5.73 Å². The van der Waals surface area contributed by atoms with Crippen LogP contribution in [0.15, 0.2) is 23.2 Å². The Kier molecular flexibility index (Phi) is 4.38. The third-order valence-electron chi connectivity index (χ3n) is 3.77. The summed E-state index contributed by atoms with van der Waals surface area (Å²) in [6.07, 6.45) is 2.89. The van der Waals surface area contributed by atoms with E-state index < -0.39 is 10.0 Å². The maximum atomic E-state index is 12.6. The summed E-state index contributed by atoms with van der Waals surface area (Å²) in [6.45, 7) is 2.80. The average molecular weight is 294 g/mol. The normalized spacial score (nSPS) is 24.2. The van der Waals surface area contributed by atoms with E-state index in [1.807, 2.05) is 13.0 Å². The average Bonchev–Trinajstić information content (AvgIpc) is 2.47. The Hall–Kier alpha value is -1.49. The van der Waals surface area contributed by atoms with Crippen LogP contribution in [0.4, 0.5) is 0 Å². The lowest BCUT2D eigenvalue weighted by Crippen LogP contribution is -2.49. The predicted molar refractivity (Wildman–Crippen MR) is 74.1 cm³/mol. The van der Waals surface area contributed by atoms with Gasteiger partial charge in [-0.25, -0.2) is 13.4 Å². The first kappa shape index (κ1) is 14.9. The summed E-state index contributed by atoms with van der Waals surface area (Å²) in [5, 5.41) is 9.00. The number of hydrogen-bond acceptors (Lipinski definition) is 5. The van der Waals surface area contributed by atoms with Crippen molar-refractivity contribution < 1.29 is 8.42 Å². The summed E-state index contributed by atoms with van der Waals surface area (Å²) in [6, 6.07) is 4.83. The maximum absolute atomic E-state index is 12.6. The van der Waals surface area contributed by atoms with Crippen LogP contribution in [0, 0.1) is 17.2 Å². The molecule has 7 heteroatoms. The van der Waals surface area contributed by atoms with Crippen molar-refractivity contribution in [1.82, 2.24) is 9.29 Å². The van der Waals surface area contributed by atoms with Crippen LogP contribution in [0.1, 0.15) is 25.5 Å². The lowest BCUT2D eigenvalue weighted by atomic mass is 9.92. The van der Waals surface area contributed by atoms with Crippen LogP contribution in [0.2, 0.25) is 0 Å². The molecule has 1 aromatic heterocycles. The molecule has 0 radical (unpaired) electrons. The topological polar surface area (TPSA) is 100 Å². The highest BCUT2D eigenvalue weighted by atomic mass is 32.2. The van der Waals surface area contributed by atoms with E-state index in [0.717, 1.165) is 6.42 Å². The maximum Gasteiger partial charge on any atom is 0.245 e. The molecule has 0 amide bonds. The molecule has 1 fully saturated rings. The first-order chi connectivity index (χ1) is 9.50. The largest absolute Gasteiger partial charge is 0.327 e. The zero-order valence-corrected chi connectivity index (χ0v) is 12.2.